The van der Waals surface area contributed by atoms with Gasteiger partial charge >= 0.3 is 6.03 Å². The molecule has 4 rings (SSSR count). The summed E-state index contributed by atoms with van der Waals surface area (Å²) < 4.78 is 29.0. The van der Waals surface area contributed by atoms with E-state index in [4.69, 9.17) is 4.84 Å². The summed E-state index contributed by atoms with van der Waals surface area (Å²) in [6, 6.07) is -0.310. The smallest absolute Gasteiger partial charge is 0.321 e. The molecule has 4 aliphatic rings. The minimum atomic E-state index is -3.52. The van der Waals surface area contributed by atoms with Crippen LogP contribution in [0.5, 0.6) is 0 Å². The number of nitrogens with zero attached hydrogens (tertiary/aromatic N) is 2. The lowest BCUT2D eigenvalue weighted by atomic mass is 9.80. The van der Waals surface area contributed by atoms with Gasteiger partial charge in [-0.1, -0.05) is 13.8 Å². The van der Waals surface area contributed by atoms with Crippen LogP contribution in [0.4, 0.5) is 4.79 Å². The highest BCUT2D eigenvalue weighted by molar-refractivity contribution is 7.90. The molecule has 5 unspecified atom stereocenters. The first-order valence-corrected chi connectivity index (χ1v) is 14.1. The monoisotopic (exact) mass is 484 g/mol. The molecule has 33 heavy (non-hydrogen) atoms. The number of carbonyl (C=O) groups is 2. The van der Waals surface area contributed by atoms with E-state index >= 15 is 0 Å². The van der Waals surface area contributed by atoms with Crippen molar-refractivity contribution in [1.29, 1.82) is 0 Å². The second-order valence-corrected chi connectivity index (χ2v) is 13.2. The molecule has 0 aromatic carbocycles. The molecule has 3 amide bonds. The van der Waals surface area contributed by atoms with Gasteiger partial charge in [0.2, 0.25) is 15.9 Å². The average molecular weight is 485 g/mol. The molecule has 2 saturated heterocycles. The van der Waals surface area contributed by atoms with Crippen LogP contribution in [-0.2, 0) is 19.7 Å². The second kappa shape index (κ2) is 9.43. The molecule has 10 heteroatoms. The quantitative estimate of drug-likeness (QED) is 0.520. The molecule has 2 aliphatic carbocycles. The Morgan fingerprint density at radius 2 is 1.94 bits per heavy atom. The van der Waals surface area contributed by atoms with E-state index < -0.39 is 21.2 Å². The number of urea groups is 1. The molecule has 0 aromatic rings. The van der Waals surface area contributed by atoms with Crippen LogP contribution in [-0.4, -0.2) is 72.2 Å². The predicted molar refractivity (Wildman–Crippen MR) is 125 cm³/mol. The molecule has 2 heterocycles. The Morgan fingerprint density at radius 1 is 1.21 bits per heavy atom. The normalized spacial score (nSPS) is 34.2. The summed E-state index contributed by atoms with van der Waals surface area (Å²) in [6.45, 7) is 9.04. The highest BCUT2D eigenvalue weighted by Crippen LogP contribution is 2.40. The summed E-state index contributed by atoms with van der Waals surface area (Å²) in [5.74, 6) is -0.199. The van der Waals surface area contributed by atoms with E-state index in [1.165, 1.54) is 4.90 Å². The van der Waals surface area contributed by atoms with Gasteiger partial charge in [-0.3, -0.25) is 14.5 Å². The standard InChI is InChI=1S/C23H40N4O5S/c1-15(2)6-5-11-26-20-8-7-18(33(30,31)25-23(4)9-10-23)13-19(20)21(28)27(22(26)29)14-17-12-16(3)24-32-17/h15-20,24-25H,5-14H2,1-4H3. The molecule has 0 spiro atoms. The lowest BCUT2D eigenvalue weighted by Gasteiger charge is -2.48. The highest BCUT2D eigenvalue weighted by atomic mass is 32.2. The molecule has 4 fully saturated rings. The fraction of sp³-hybridized carbons (Fsp3) is 0.913. The average Bonchev–Trinajstić information content (AvgIpc) is 3.31. The van der Waals surface area contributed by atoms with E-state index in [1.54, 1.807) is 0 Å². The van der Waals surface area contributed by atoms with Crippen molar-refractivity contribution in [3.8, 4) is 0 Å². The molecule has 2 saturated carbocycles. The molecule has 0 aromatic heterocycles. The van der Waals surface area contributed by atoms with E-state index in [-0.39, 0.29) is 48.6 Å². The Kier molecular flexibility index (Phi) is 7.11. The number of carbonyl (C=O) groups excluding carboxylic acids is 2. The Labute approximate surface area is 198 Å². The van der Waals surface area contributed by atoms with Gasteiger partial charge in [0.15, 0.2) is 0 Å². The van der Waals surface area contributed by atoms with E-state index in [2.05, 4.69) is 24.0 Å². The van der Waals surface area contributed by atoms with Crippen LogP contribution < -0.4 is 10.2 Å². The largest absolute Gasteiger partial charge is 0.327 e. The van der Waals surface area contributed by atoms with Crippen molar-refractivity contribution in [3.63, 3.8) is 0 Å². The molecule has 188 valence electrons. The fourth-order valence-corrected chi connectivity index (χ4v) is 7.43. The van der Waals surface area contributed by atoms with Gasteiger partial charge in [0, 0.05) is 24.2 Å². The maximum Gasteiger partial charge on any atom is 0.327 e. The van der Waals surface area contributed by atoms with Gasteiger partial charge in [0.05, 0.1) is 23.8 Å². The van der Waals surface area contributed by atoms with Crippen LogP contribution >= 0.6 is 0 Å². The Balaban J connectivity index is 1.52. The molecular formula is C23H40N4O5S. The van der Waals surface area contributed by atoms with Crippen molar-refractivity contribution < 1.29 is 22.8 Å². The summed E-state index contributed by atoms with van der Waals surface area (Å²) >= 11 is 0. The molecule has 5 atom stereocenters. The van der Waals surface area contributed by atoms with Crippen molar-refractivity contribution in [2.24, 2.45) is 11.8 Å². The van der Waals surface area contributed by atoms with Crippen LogP contribution in [0.15, 0.2) is 0 Å². The summed E-state index contributed by atoms with van der Waals surface area (Å²) in [4.78, 5) is 35.7. The van der Waals surface area contributed by atoms with Crippen molar-refractivity contribution in [1.82, 2.24) is 20.0 Å². The van der Waals surface area contributed by atoms with Crippen molar-refractivity contribution in [2.75, 3.05) is 13.1 Å². The van der Waals surface area contributed by atoms with Gasteiger partial charge in [-0.15, -0.1) is 0 Å². The number of hydrogen-bond donors (Lipinski definition) is 2. The first-order chi connectivity index (χ1) is 15.5. The van der Waals surface area contributed by atoms with Gasteiger partial charge in [-0.25, -0.2) is 17.9 Å². The molecule has 9 nitrogen and oxygen atoms in total. The summed E-state index contributed by atoms with van der Waals surface area (Å²) in [7, 11) is -3.52. The number of imide groups is 1. The SMILES string of the molecule is CC(C)CCCN1C(=O)N(CC2CC(C)NO2)C(=O)C2CC(S(=O)(=O)NC3(C)CC3)CCC21. The summed E-state index contributed by atoms with van der Waals surface area (Å²) in [6.07, 6.45) is 5.32. The van der Waals surface area contributed by atoms with Gasteiger partial charge in [0.1, 0.15) is 0 Å². The zero-order chi connectivity index (χ0) is 24.0. The Hall–Kier alpha value is -1.23. The number of nitrogens with one attached hydrogen (secondary N) is 2. The lowest BCUT2D eigenvalue weighted by Crippen LogP contribution is -2.65. The first kappa shape index (κ1) is 24.9. The van der Waals surface area contributed by atoms with Crippen LogP contribution in [0, 0.1) is 11.8 Å². The molecule has 0 bridgehead atoms. The topological polar surface area (TPSA) is 108 Å². The van der Waals surface area contributed by atoms with Crippen molar-refractivity contribution in [2.45, 2.75) is 108 Å². The third kappa shape index (κ3) is 5.55. The maximum absolute atomic E-state index is 13.5. The summed E-state index contributed by atoms with van der Waals surface area (Å²) in [5, 5.41) is -0.600. The predicted octanol–water partition coefficient (Wildman–Crippen LogP) is 2.38. The van der Waals surface area contributed by atoms with Crippen LogP contribution in [0.2, 0.25) is 0 Å². The highest BCUT2D eigenvalue weighted by Gasteiger charge is 2.52. The van der Waals surface area contributed by atoms with Crippen LogP contribution in [0.3, 0.4) is 0 Å². The van der Waals surface area contributed by atoms with Gasteiger partial charge < -0.3 is 4.90 Å². The van der Waals surface area contributed by atoms with Crippen molar-refractivity contribution in [3.05, 3.63) is 0 Å². The Bertz CT molecular complexity index is 859. The van der Waals surface area contributed by atoms with Gasteiger partial charge in [0.25, 0.3) is 0 Å². The van der Waals surface area contributed by atoms with Gasteiger partial charge in [-0.2, -0.15) is 5.48 Å². The Morgan fingerprint density at radius 3 is 2.55 bits per heavy atom. The van der Waals surface area contributed by atoms with Crippen molar-refractivity contribution >= 4 is 22.0 Å². The number of sulfonamides is 1. The van der Waals surface area contributed by atoms with Crippen LogP contribution in [0.1, 0.15) is 79.1 Å². The number of fused-ring (bicyclic) bond motifs is 1. The second-order valence-electron chi connectivity index (χ2n) is 11.3. The number of rotatable bonds is 9. The zero-order valence-corrected chi connectivity index (χ0v) is 21.2. The number of hydroxylamine groups is 1. The van der Waals surface area contributed by atoms with Crippen LogP contribution in [0.25, 0.3) is 0 Å². The minimum absolute atomic E-state index is 0.166. The summed E-state index contributed by atoms with van der Waals surface area (Å²) in [5.41, 5.74) is 2.57. The molecule has 0 radical (unpaired) electrons. The van der Waals surface area contributed by atoms with E-state index in [9.17, 15) is 18.0 Å². The van der Waals surface area contributed by atoms with Gasteiger partial charge in [-0.05, 0) is 71.1 Å². The van der Waals surface area contributed by atoms with E-state index in [0.717, 1.165) is 32.1 Å². The molecule has 2 N–H and O–H groups in total. The number of hydrogen-bond acceptors (Lipinski definition) is 6. The third-order valence-corrected chi connectivity index (χ3v) is 9.76. The first-order valence-electron chi connectivity index (χ1n) is 12.5. The maximum atomic E-state index is 13.5. The van der Waals surface area contributed by atoms with E-state index in [1.807, 2.05) is 18.7 Å². The zero-order valence-electron chi connectivity index (χ0n) is 20.4. The fourth-order valence-electron chi connectivity index (χ4n) is 5.46. The third-order valence-electron chi connectivity index (χ3n) is 7.67. The lowest BCUT2D eigenvalue weighted by molar-refractivity contribution is -0.142. The number of amides is 3. The molecular weight excluding hydrogens is 444 g/mol. The molecule has 2 aliphatic heterocycles. The van der Waals surface area contributed by atoms with E-state index in [0.29, 0.717) is 25.3 Å². The minimum Gasteiger partial charge on any atom is -0.321 e.